The van der Waals surface area contributed by atoms with E-state index in [1.54, 1.807) is 12.1 Å². The smallest absolute Gasteiger partial charge is 0.246 e. The molecule has 0 aliphatic carbocycles. The normalized spacial score (nSPS) is 10.2. The molecule has 1 heterocycles. The van der Waals surface area contributed by atoms with Gasteiger partial charge in [0, 0.05) is 40.4 Å². The Balaban J connectivity index is 2.16. The van der Waals surface area contributed by atoms with Gasteiger partial charge in [0.2, 0.25) is 15.5 Å². The van der Waals surface area contributed by atoms with Crippen LogP contribution in [0, 0.1) is 3.83 Å². The Morgan fingerprint density at radius 2 is 1.86 bits per heavy atom. The van der Waals surface area contributed by atoms with Crippen LogP contribution in [0.4, 0.5) is 5.69 Å². The Hall–Kier alpha value is -2.04. The number of methoxy groups -OCH3 is 3. The Kier molecular flexibility index (Phi) is 5.41. The zero-order valence-electron chi connectivity index (χ0n) is 12.3. The number of benzene rings is 1. The molecule has 0 aliphatic heterocycles. The molecule has 118 valence electrons. The number of ether oxygens (including phenoxy) is 3. The summed E-state index contributed by atoms with van der Waals surface area (Å²) >= 11 is 1.98. The minimum absolute atomic E-state index is 0.0622. The highest BCUT2D eigenvalue weighted by atomic mass is 127. The molecule has 8 nitrogen and oxygen atoms in total. The minimum Gasteiger partial charge on any atom is -0.493 e. The highest BCUT2D eigenvalue weighted by molar-refractivity contribution is 14.1. The van der Waals surface area contributed by atoms with Gasteiger partial charge in [-0.1, -0.05) is 0 Å². The lowest BCUT2D eigenvalue weighted by atomic mass is 10.2. The van der Waals surface area contributed by atoms with Crippen LogP contribution in [0.3, 0.4) is 0 Å². The van der Waals surface area contributed by atoms with Crippen LogP contribution in [0.25, 0.3) is 0 Å². The van der Waals surface area contributed by atoms with Gasteiger partial charge in [0.15, 0.2) is 11.5 Å². The number of amides is 1. The van der Waals surface area contributed by atoms with Crippen molar-refractivity contribution >= 4 is 34.2 Å². The molecule has 0 saturated heterocycles. The summed E-state index contributed by atoms with van der Waals surface area (Å²) in [5.74, 6) is 1.16. The maximum Gasteiger partial charge on any atom is 0.246 e. The molecule has 0 aliphatic rings. The monoisotopic (exact) mass is 418 g/mol. The van der Waals surface area contributed by atoms with Gasteiger partial charge in [-0.15, -0.1) is 5.10 Å². The maximum absolute atomic E-state index is 12.0. The van der Waals surface area contributed by atoms with E-state index in [-0.39, 0.29) is 12.5 Å². The van der Waals surface area contributed by atoms with Gasteiger partial charge in [-0.05, 0) is 0 Å². The second-order valence-electron chi connectivity index (χ2n) is 4.17. The van der Waals surface area contributed by atoms with E-state index in [0.717, 1.165) is 0 Å². The minimum atomic E-state index is -0.240. The molecule has 22 heavy (non-hydrogen) atoms. The molecule has 0 atom stereocenters. The molecule has 9 heteroatoms. The molecule has 2 rings (SSSR count). The number of halogens is 1. The quantitative estimate of drug-likeness (QED) is 0.717. The third-order valence-electron chi connectivity index (χ3n) is 2.76. The van der Waals surface area contributed by atoms with Crippen molar-refractivity contribution < 1.29 is 19.0 Å². The zero-order valence-corrected chi connectivity index (χ0v) is 14.4. The van der Waals surface area contributed by atoms with E-state index in [1.165, 1.54) is 32.3 Å². The van der Waals surface area contributed by atoms with Gasteiger partial charge in [0.05, 0.1) is 21.3 Å². The third kappa shape index (κ3) is 3.78. The van der Waals surface area contributed by atoms with Gasteiger partial charge < -0.3 is 19.5 Å². The van der Waals surface area contributed by atoms with E-state index < -0.39 is 0 Å². The highest BCUT2D eigenvalue weighted by Crippen LogP contribution is 2.39. The summed E-state index contributed by atoms with van der Waals surface area (Å²) in [7, 11) is 4.55. The molecule has 0 spiro atoms. The fourth-order valence-corrected chi connectivity index (χ4v) is 2.25. The fraction of sp³-hybridized carbons (Fsp3) is 0.308. The number of carbonyl (C=O) groups is 1. The highest BCUT2D eigenvalue weighted by Gasteiger charge is 2.14. The lowest BCUT2D eigenvalue weighted by molar-refractivity contribution is -0.116. The summed E-state index contributed by atoms with van der Waals surface area (Å²) < 4.78 is 17.7. The molecule has 0 saturated carbocycles. The van der Waals surface area contributed by atoms with Crippen molar-refractivity contribution in [3.63, 3.8) is 0 Å². The van der Waals surface area contributed by atoms with Gasteiger partial charge in [0.1, 0.15) is 12.9 Å². The van der Waals surface area contributed by atoms with Crippen LogP contribution in [-0.4, -0.2) is 42.0 Å². The van der Waals surface area contributed by atoms with Crippen molar-refractivity contribution in [3.8, 4) is 17.2 Å². The topological polar surface area (TPSA) is 87.5 Å². The van der Waals surface area contributed by atoms with Crippen LogP contribution in [0.5, 0.6) is 17.2 Å². The Labute approximate surface area is 140 Å². The molecule has 1 aromatic carbocycles. The number of nitrogens with one attached hydrogen (secondary N) is 1. The first-order valence-corrected chi connectivity index (χ1v) is 7.30. The van der Waals surface area contributed by atoms with Crippen molar-refractivity contribution in [2.24, 2.45) is 0 Å². The predicted molar refractivity (Wildman–Crippen MR) is 87.5 cm³/mol. The molecule has 0 radical (unpaired) electrons. The molecule has 1 N–H and O–H groups in total. The van der Waals surface area contributed by atoms with Crippen molar-refractivity contribution in [2.75, 3.05) is 26.6 Å². The largest absolute Gasteiger partial charge is 0.493 e. The van der Waals surface area contributed by atoms with E-state index in [9.17, 15) is 4.79 Å². The first-order valence-electron chi connectivity index (χ1n) is 6.22. The van der Waals surface area contributed by atoms with E-state index >= 15 is 0 Å². The molecule has 0 unspecified atom stereocenters. The summed E-state index contributed by atoms with van der Waals surface area (Å²) in [4.78, 5) is 16.0. The van der Waals surface area contributed by atoms with E-state index in [0.29, 0.717) is 26.8 Å². The first-order chi connectivity index (χ1) is 10.6. The van der Waals surface area contributed by atoms with Gasteiger partial charge in [-0.25, -0.2) is 9.67 Å². The number of carbonyl (C=O) groups excluding carboxylic acids is 1. The van der Waals surface area contributed by atoms with E-state index in [2.05, 4.69) is 15.4 Å². The fourth-order valence-electron chi connectivity index (χ4n) is 1.85. The predicted octanol–water partition coefficient (Wildman–Crippen LogP) is 1.55. The van der Waals surface area contributed by atoms with Crippen LogP contribution < -0.4 is 19.5 Å². The van der Waals surface area contributed by atoms with Crippen molar-refractivity contribution in [1.82, 2.24) is 14.8 Å². The van der Waals surface area contributed by atoms with Crippen LogP contribution in [-0.2, 0) is 11.3 Å². The zero-order chi connectivity index (χ0) is 16.1. The van der Waals surface area contributed by atoms with E-state index in [1.807, 2.05) is 22.6 Å². The number of rotatable bonds is 6. The number of nitrogens with zero attached hydrogens (tertiary/aromatic N) is 3. The maximum atomic E-state index is 12.0. The molecular formula is C13H15IN4O4. The Morgan fingerprint density at radius 1 is 1.23 bits per heavy atom. The second kappa shape index (κ2) is 7.29. The van der Waals surface area contributed by atoms with Gasteiger partial charge in [-0.3, -0.25) is 4.79 Å². The lowest BCUT2D eigenvalue weighted by Gasteiger charge is -2.14. The Bertz CT molecular complexity index is 649. The molecular weight excluding hydrogens is 403 g/mol. The third-order valence-corrected chi connectivity index (χ3v) is 3.26. The second-order valence-corrected chi connectivity index (χ2v) is 5.14. The molecule has 0 bridgehead atoms. The van der Waals surface area contributed by atoms with Crippen LogP contribution >= 0.6 is 22.6 Å². The number of aromatic nitrogens is 3. The summed E-state index contributed by atoms with van der Waals surface area (Å²) in [6, 6.07) is 3.31. The molecule has 1 amide bonds. The van der Waals surface area contributed by atoms with Crippen molar-refractivity contribution in [1.29, 1.82) is 0 Å². The van der Waals surface area contributed by atoms with Gasteiger partial charge >= 0.3 is 0 Å². The molecule has 0 fully saturated rings. The van der Waals surface area contributed by atoms with Gasteiger partial charge in [-0.2, -0.15) is 0 Å². The van der Waals surface area contributed by atoms with Crippen molar-refractivity contribution in [3.05, 3.63) is 22.3 Å². The summed E-state index contributed by atoms with van der Waals surface area (Å²) in [6.45, 7) is 0.0622. The number of hydrogen-bond donors (Lipinski definition) is 1. The van der Waals surface area contributed by atoms with Crippen LogP contribution in [0.15, 0.2) is 18.5 Å². The molecule has 2 aromatic rings. The lowest BCUT2D eigenvalue weighted by Crippen LogP contribution is -2.19. The SMILES string of the molecule is COc1cc(NC(=O)Cn2cnc(I)n2)cc(OC)c1OC. The van der Waals surface area contributed by atoms with Crippen molar-refractivity contribution in [2.45, 2.75) is 6.54 Å². The summed E-state index contributed by atoms with van der Waals surface area (Å²) in [5, 5.41) is 6.80. The van der Waals surface area contributed by atoms with Gasteiger partial charge in [0.25, 0.3) is 0 Å². The number of anilines is 1. The standard InChI is InChI=1S/C13H15IN4O4/c1-20-9-4-8(5-10(21-2)12(9)22-3)16-11(19)6-18-7-15-13(14)17-18/h4-5,7H,6H2,1-3H3,(H,16,19). The van der Waals surface area contributed by atoms with Crippen LogP contribution in [0.1, 0.15) is 0 Å². The van der Waals surface area contributed by atoms with E-state index in [4.69, 9.17) is 14.2 Å². The molecule has 1 aromatic heterocycles. The first kappa shape index (κ1) is 16.3. The number of hydrogen-bond acceptors (Lipinski definition) is 6. The Morgan fingerprint density at radius 3 is 2.32 bits per heavy atom. The summed E-state index contributed by atoms with van der Waals surface area (Å²) in [6.07, 6.45) is 1.50. The summed E-state index contributed by atoms with van der Waals surface area (Å²) in [5.41, 5.74) is 0.536. The average molecular weight is 418 g/mol. The van der Waals surface area contributed by atoms with Crippen LogP contribution in [0.2, 0.25) is 0 Å². The average Bonchev–Trinajstić information content (AvgIpc) is 2.90.